The number of hydrogen-bond donors (Lipinski definition) is 2. The normalized spacial score (nSPS) is 20.7. The van der Waals surface area contributed by atoms with Gasteiger partial charge in [-0.2, -0.15) is 13.2 Å². The first-order chi connectivity index (χ1) is 18.1. The quantitative estimate of drug-likeness (QED) is 0.370. The molecule has 5 rings (SSSR count). The van der Waals surface area contributed by atoms with Crippen molar-refractivity contribution in [1.82, 2.24) is 4.90 Å². The van der Waals surface area contributed by atoms with Crippen LogP contribution in [0.5, 0.6) is 23.0 Å². The van der Waals surface area contributed by atoms with Gasteiger partial charge in [-0.25, -0.2) is 0 Å². The van der Waals surface area contributed by atoms with E-state index in [9.17, 15) is 23.4 Å². The summed E-state index contributed by atoms with van der Waals surface area (Å²) in [5.74, 6) is -1.01. The largest absolute Gasteiger partial charge is 0.508 e. The Morgan fingerprint density at radius 2 is 1.63 bits per heavy atom. The first-order valence-electron chi connectivity index (χ1n) is 12.7. The zero-order valence-corrected chi connectivity index (χ0v) is 21.2. The van der Waals surface area contributed by atoms with E-state index in [4.69, 9.17) is 9.47 Å². The predicted octanol–water partition coefficient (Wildman–Crippen LogP) is 6.81. The maximum atomic E-state index is 14.6. The summed E-state index contributed by atoms with van der Waals surface area (Å²) in [6, 6.07) is 16.4. The average molecular weight is 526 g/mol. The summed E-state index contributed by atoms with van der Waals surface area (Å²) in [5, 5.41) is 19.7. The smallest absolute Gasteiger partial charge is 0.399 e. The molecule has 0 aromatic heterocycles. The van der Waals surface area contributed by atoms with Crippen LogP contribution in [-0.4, -0.2) is 47.0 Å². The summed E-state index contributed by atoms with van der Waals surface area (Å²) in [6.07, 6.45) is -3.49. The number of phenolic OH excluding ortho intramolecular Hbond substituents is 2. The second kappa shape index (κ2) is 10.3. The van der Waals surface area contributed by atoms with Gasteiger partial charge in [0.2, 0.25) is 0 Å². The molecule has 5 nitrogen and oxygen atoms in total. The van der Waals surface area contributed by atoms with Crippen molar-refractivity contribution in [3.8, 4) is 23.0 Å². The van der Waals surface area contributed by atoms with Crippen molar-refractivity contribution in [1.29, 1.82) is 0 Å². The third-order valence-electron chi connectivity index (χ3n) is 7.24. The third kappa shape index (κ3) is 5.31. The molecule has 2 heterocycles. The van der Waals surface area contributed by atoms with Crippen molar-refractivity contribution in [3.05, 3.63) is 83.4 Å². The standard InChI is InChI=1S/C30H30F3NO4/c1-18-13-14-34(16-18)19(2)17-37-24-10-5-21(6-11-24)29-27(20-3-7-22(35)8-4-20)28(30(31,32)33)25-15-23(36)9-12-26(25)38-29/h3-12,15,18-19,28,35-36H,13-14,16-17H2,1-2H3. The minimum absolute atomic E-state index is 0.0247. The fourth-order valence-corrected chi connectivity index (χ4v) is 5.19. The van der Waals surface area contributed by atoms with Crippen LogP contribution >= 0.6 is 0 Å². The first kappa shape index (κ1) is 26.0. The number of nitrogens with zero attached hydrogens (tertiary/aromatic N) is 1. The van der Waals surface area contributed by atoms with Gasteiger partial charge in [0.25, 0.3) is 0 Å². The van der Waals surface area contributed by atoms with Crippen LogP contribution in [0.2, 0.25) is 0 Å². The van der Waals surface area contributed by atoms with Crippen LogP contribution < -0.4 is 9.47 Å². The molecular formula is C30H30F3NO4. The van der Waals surface area contributed by atoms with Gasteiger partial charge in [0.05, 0.1) is 0 Å². The van der Waals surface area contributed by atoms with Gasteiger partial charge >= 0.3 is 6.18 Å². The van der Waals surface area contributed by atoms with Crippen LogP contribution in [0.1, 0.15) is 42.9 Å². The summed E-state index contributed by atoms with van der Waals surface area (Å²) in [5.41, 5.74) is 0.438. The Morgan fingerprint density at radius 1 is 0.974 bits per heavy atom. The Balaban J connectivity index is 1.50. The van der Waals surface area contributed by atoms with E-state index < -0.39 is 12.1 Å². The summed E-state index contributed by atoms with van der Waals surface area (Å²) in [4.78, 5) is 2.40. The lowest BCUT2D eigenvalue weighted by Crippen LogP contribution is -2.35. The van der Waals surface area contributed by atoms with Crippen molar-refractivity contribution in [2.75, 3.05) is 19.7 Å². The van der Waals surface area contributed by atoms with Crippen LogP contribution in [0.25, 0.3) is 11.3 Å². The number of hydrogen-bond acceptors (Lipinski definition) is 5. The molecule has 0 bridgehead atoms. The summed E-state index contributed by atoms with van der Waals surface area (Å²) in [7, 11) is 0. The first-order valence-corrected chi connectivity index (χ1v) is 12.7. The molecule has 2 N–H and O–H groups in total. The number of likely N-dealkylation sites (tertiary alicyclic amines) is 1. The van der Waals surface area contributed by atoms with Gasteiger partial charge in [-0.3, -0.25) is 4.90 Å². The lowest BCUT2D eigenvalue weighted by atomic mass is 9.82. The molecule has 8 heteroatoms. The van der Waals surface area contributed by atoms with Crippen LogP contribution in [0.4, 0.5) is 13.2 Å². The van der Waals surface area contributed by atoms with E-state index in [1.807, 2.05) is 0 Å². The molecule has 0 radical (unpaired) electrons. The monoisotopic (exact) mass is 525 g/mol. The highest BCUT2D eigenvalue weighted by Gasteiger charge is 2.48. The molecule has 3 aromatic carbocycles. The zero-order chi connectivity index (χ0) is 27.0. The van der Waals surface area contributed by atoms with Gasteiger partial charge in [-0.15, -0.1) is 0 Å². The lowest BCUT2D eigenvalue weighted by Gasteiger charge is -2.32. The molecule has 38 heavy (non-hydrogen) atoms. The van der Waals surface area contributed by atoms with Crippen LogP contribution in [0.3, 0.4) is 0 Å². The molecule has 1 fully saturated rings. The van der Waals surface area contributed by atoms with E-state index in [1.54, 1.807) is 24.3 Å². The van der Waals surface area contributed by atoms with Crippen molar-refractivity contribution in [3.63, 3.8) is 0 Å². The summed E-state index contributed by atoms with van der Waals surface area (Å²) in [6.45, 7) is 6.98. The molecule has 0 saturated carbocycles. The van der Waals surface area contributed by atoms with Gasteiger partial charge < -0.3 is 19.7 Å². The molecule has 3 unspecified atom stereocenters. The van der Waals surface area contributed by atoms with Crippen LogP contribution in [-0.2, 0) is 0 Å². The lowest BCUT2D eigenvalue weighted by molar-refractivity contribution is -0.137. The summed E-state index contributed by atoms with van der Waals surface area (Å²) >= 11 is 0. The Labute approximate surface area is 219 Å². The van der Waals surface area contributed by atoms with E-state index in [0.29, 0.717) is 23.8 Å². The van der Waals surface area contributed by atoms with E-state index in [1.165, 1.54) is 42.8 Å². The fourth-order valence-electron chi connectivity index (χ4n) is 5.19. The number of allylic oxidation sites excluding steroid dienone is 1. The molecule has 3 atom stereocenters. The highest BCUT2D eigenvalue weighted by molar-refractivity contribution is 5.94. The minimum Gasteiger partial charge on any atom is -0.508 e. The Hall–Kier alpha value is -3.65. The van der Waals surface area contributed by atoms with E-state index in [-0.39, 0.29) is 45.7 Å². The molecule has 1 saturated heterocycles. The maximum absolute atomic E-state index is 14.6. The van der Waals surface area contributed by atoms with E-state index in [0.717, 1.165) is 19.2 Å². The topological polar surface area (TPSA) is 62.2 Å². The molecular weight excluding hydrogens is 495 g/mol. The van der Waals surface area contributed by atoms with E-state index >= 15 is 0 Å². The predicted molar refractivity (Wildman–Crippen MR) is 139 cm³/mol. The highest BCUT2D eigenvalue weighted by atomic mass is 19.4. The van der Waals surface area contributed by atoms with Gasteiger partial charge in [0.1, 0.15) is 41.3 Å². The SMILES string of the molecule is CC1CCN(C(C)COc2ccc(C3=C(c4ccc(O)cc4)C(C(F)(F)F)c4cc(O)ccc4O3)cc2)C1. The third-order valence-corrected chi connectivity index (χ3v) is 7.24. The molecule has 0 amide bonds. The van der Waals surface area contributed by atoms with Gasteiger partial charge in [0, 0.05) is 29.3 Å². The average Bonchev–Trinajstić information content (AvgIpc) is 3.33. The Kier molecular flexibility index (Phi) is 7.01. The number of aromatic hydroxyl groups is 2. The summed E-state index contributed by atoms with van der Waals surface area (Å²) < 4.78 is 55.9. The number of benzene rings is 3. The Morgan fingerprint density at radius 3 is 2.26 bits per heavy atom. The fraction of sp³-hybridized carbons (Fsp3) is 0.333. The number of fused-ring (bicyclic) bond motifs is 1. The van der Waals surface area contributed by atoms with E-state index in [2.05, 4.69) is 18.7 Å². The van der Waals surface area contributed by atoms with Gasteiger partial charge in [-0.05, 0) is 86.0 Å². The molecule has 200 valence electrons. The number of halogens is 3. The molecule has 0 spiro atoms. The number of rotatable bonds is 6. The Bertz CT molecular complexity index is 1320. The molecule has 2 aliphatic heterocycles. The number of phenols is 2. The zero-order valence-electron chi connectivity index (χ0n) is 21.2. The van der Waals surface area contributed by atoms with Crippen molar-refractivity contribution < 1.29 is 32.9 Å². The highest BCUT2D eigenvalue weighted by Crippen LogP contribution is 2.54. The van der Waals surface area contributed by atoms with Crippen molar-refractivity contribution in [2.24, 2.45) is 5.92 Å². The van der Waals surface area contributed by atoms with Gasteiger partial charge in [-0.1, -0.05) is 19.1 Å². The number of alkyl halides is 3. The molecule has 2 aliphatic rings. The molecule has 0 aliphatic carbocycles. The van der Waals surface area contributed by atoms with Gasteiger partial charge in [0.15, 0.2) is 0 Å². The number of ether oxygens (including phenoxy) is 2. The van der Waals surface area contributed by atoms with Crippen molar-refractivity contribution in [2.45, 2.75) is 38.4 Å². The minimum atomic E-state index is -4.67. The van der Waals surface area contributed by atoms with Crippen molar-refractivity contribution >= 4 is 11.3 Å². The van der Waals surface area contributed by atoms with Crippen LogP contribution in [0.15, 0.2) is 66.7 Å². The van der Waals surface area contributed by atoms with Crippen LogP contribution in [0, 0.1) is 5.92 Å². The second-order valence-corrected chi connectivity index (χ2v) is 10.2. The second-order valence-electron chi connectivity index (χ2n) is 10.2. The maximum Gasteiger partial charge on any atom is 0.399 e. The molecule has 3 aromatic rings.